The van der Waals surface area contributed by atoms with Crippen LogP contribution < -0.4 is 22.1 Å². The summed E-state index contributed by atoms with van der Waals surface area (Å²) < 4.78 is 15.6. The molecule has 2 heterocycles. The third-order valence-electron chi connectivity index (χ3n) is 5.19. The van der Waals surface area contributed by atoms with E-state index in [2.05, 4.69) is 21.7 Å². The molecule has 1 aliphatic carbocycles. The molecule has 7 nitrogen and oxygen atoms in total. The number of nitriles is 1. The second-order valence-electron chi connectivity index (χ2n) is 7.19. The van der Waals surface area contributed by atoms with Crippen molar-refractivity contribution in [2.24, 2.45) is 5.73 Å². The Bertz CT molecular complexity index is 1180. The van der Waals surface area contributed by atoms with Gasteiger partial charge in [0.15, 0.2) is 0 Å². The molecule has 0 spiro atoms. The molecule has 3 aromatic rings. The molecule has 0 bridgehead atoms. The third-order valence-corrected chi connectivity index (χ3v) is 7.42. The van der Waals surface area contributed by atoms with Crippen LogP contribution in [0.2, 0.25) is 0 Å². The first-order valence-electron chi connectivity index (χ1n) is 9.57. The number of amides is 1. The fourth-order valence-corrected chi connectivity index (χ4v) is 5.92. The largest absolute Gasteiger partial charge is 0.396 e. The van der Waals surface area contributed by atoms with Crippen molar-refractivity contribution in [3.63, 3.8) is 0 Å². The van der Waals surface area contributed by atoms with Crippen LogP contribution in [0.25, 0.3) is 9.53 Å². The van der Waals surface area contributed by atoms with E-state index in [1.165, 1.54) is 28.7 Å². The van der Waals surface area contributed by atoms with Gasteiger partial charge >= 0.3 is 0 Å². The van der Waals surface area contributed by atoms with E-state index in [1.807, 2.05) is 6.92 Å². The number of thiophene rings is 1. The van der Waals surface area contributed by atoms with E-state index in [9.17, 15) is 14.4 Å². The quantitative estimate of drug-likeness (QED) is 0.479. The van der Waals surface area contributed by atoms with Crippen LogP contribution in [0.5, 0.6) is 0 Å². The Morgan fingerprint density at radius 2 is 2.23 bits per heavy atom. The van der Waals surface area contributed by atoms with Gasteiger partial charge < -0.3 is 22.1 Å². The Morgan fingerprint density at radius 3 is 2.93 bits per heavy atom. The van der Waals surface area contributed by atoms with E-state index in [0.29, 0.717) is 65.3 Å². The summed E-state index contributed by atoms with van der Waals surface area (Å²) in [4.78, 5) is 18.4. The molecule has 0 aliphatic heterocycles. The zero-order valence-electron chi connectivity index (χ0n) is 16.3. The van der Waals surface area contributed by atoms with Gasteiger partial charge in [0.2, 0.25) is 0 Å². The lowest BCUT2D eigenvalue weighted by Crippen LogP contribution is -2.39. The van der Waals surface area contributed by atoms with Crippen LogP contribution >= 0.6 is 22.7 Å². The fourth-order valence-electron chi connectivity index (χ4n) is 3.83. The average Bonchev–Trinajstić information content (AvgIpc) is 3.24. The van der Waals surface area contributed by atoms with E-state index >= 15 is 0 Å². The molecule has 2 aromatic heterocycles. The Morgan fingerprint density at radius 1 is 1.43 bits per heavy atom. The van der Waals surface area contributed by atoms with Crippen LogP contribution in [-0.4, -0.2) is 30.0 Å². The minimum Gasteiger partial charge on any atom is -0.396 e. The summed E-state index contributed by atoms with van der Waals surface area (Å²) in [5.74, 6) is -0.644. The lowest BCUT2D eigenvalue weighted by Gasteiger charge is -2.27. The Labute approximate surface area is 180 Å². The molecule has 0 fully saturated rings. The van der Waals surface area contributed by atoms with Crippen molar-refractivity contribution in [1.82, 2.24) is 10.3 Å². The van der Waals surface area contributed by atoms with Crippen LogP contribution in [0.15, 0.2) is 6.07 Å². The Balaban J connectivity index is 1.55. The number of aryl methyl sites for hydroxylation is 1. The van der Waals surface area contributed by atoms with Crippen LogP contribution in [-0.2, 0) is 12.8 Å². The van der Waals surface area contributed by atoms with Gasteiger partial charge in [0.05, 0.1) is 26.6 Å². The van der Waals surface area contributed by atoms with Gasteiger partial charge in [-0.1, -0.05) is 0 Å². The van der Waals surface area contributed by atoms with Crippen molar-refractivity contribution in [2.75, 3.05) is 24.1 Å². The summed E-state index contributed by atoms with van der Waals surface area (Å²) in [5, 5.41) is 16.5. The highest BCUT2D eigenvalue weighted by Crippen LogP contribution is 2.37. The highest BCUT2D eigenvalue weighted by Gasteiger charge is 2.28. The number of anilines is 2. The van der Waals surface area contributed by atoms with Gasteiger partial charge in [-0.15, -0.1) is 22.7 Å². The zero-order valence-corrected chi connectivity index (χ0v) is 18.0. The van der Waals surface area contributed by atoms with Crippen LogP contribution in [0.1, 0.15) is 37.8 Å². The van der Waals surface area contributed by atoms with Gasteiger partial charge in [-0.2, -0.15) is 5.26 Å². The number of nitrogens with zero attached hydrogens (tertiary/aromatic N) is 2. The maximum atomic E-state index is 14.8. The summed E-state index contributed by atoms with van der Waals surface area (Å²) in [6.07, 6.45) is 1.45. The number of carbonyl (C=O) groups excluding carboxylic acids is 1. The predicted octanol–water partition coefficient (Wildman–Crippen LogP) is 2.92. The van der Waals surface area contributed by atoms with Crippen LogP contribution in [0.4, 0.5) is 15.8 Å². The lowest BCUT2D eigenvalue weighted by atomic mass is 9.84. The number of hydrogen-bond donors (Lipinski definition) is 4. The van der Waals surface area contributed by atoms with Gasteiger partial charge in [-0.25, -0.2) is 9.37 Å². The standard InChI is InChI=1S/C20H21FN6OS2/c1-9-26-20-18(29-9)16(24)17(30-20)19(28)27-10-2-3-11-12(6-10)14(21)7-15(13(11)8-23)25-5-4-22/h7,10,25H,2-6,22,24H2,1H3,(H,27,28)/t10-/m0/s1. The van der Waals surface area contributed by atoms with Gasteiger partial charge in [0, 0.05) is 19.1 Å². The van der Waals surface area contributed by atoms with Crippen molar-refractivity contribution in [3.8, 4) is 6.07 Å². The van der Waals surface area contributed by atoms with E-state index in [-0.39, 0.29) is 17.8 Å². The number of benzene rings is 1. The molecule has 0 unspecified atom stereocenters. The number of aromatic nitrogens is 1. The second kappa shape index (κ2) is 8.18. The van der Waals surface area contributed by atoms with E-state index in [0.717, 1.165) is 14.5 Å². The van der Waals surface area contributed by atoms with Crippen LogP contribution in [0.3, 0.4) is 0 Å². The number of nitrogens with two attached hydrogens (primary N) is 2. The molecular formula is C20H21FN6OS2. The molecule has 1 atom stereocenters. The molecule has 4 rings (SSSR count). The minimum absolute atomic E-state index is 0.233. The molecule has 1 aromatic carbocycles. The van der Waals surface area contributed by atoms with Crippen molar-refractivity contribution in [2.45, 2.75) is 32.2 Å². The number of thiazole rings is 1. The molecule has 10 heteroatoms. The Kier molecular flexibility index (Phi) is 5.60. The van der Waals surface area contributed by atoms with Gasteiger partial charge in [-0.3, -0.25) is 4.79 Å². The number of carbonyl (C=O) groups is 1. The topological polar surface area (TPSA) is 130 Å². The molecule has 1 aliphatic rings. The summed E-state index contributed by atoms with van der Waals surface area (Å²) in [7, 11) is 0. The smallest absolute Gasteiger partial charge is 0.263 e. The maximum absolute atomic E-state index is 14.8. The number of halogens is 1. The zero-order chi connectivity index (χ0) is 21.4. The number of fused-ring (bicyclic) bond motifs is 2. The maximum Gasteiger partial charge on any atom is 0.263 e. The second-order valence-corrected chi connectivity index (χ2v) is 9.39. The molecular weight excluding hydrogens is 423 g/mol. The monoisotopic (exact) mass is 444 g/mol. The molecule has 1 amide bonds. The van der Waals surface area contributed by atoms with Gasteiger partial charge in [0.1, 0.15) is 21.6 Å². The van der Waals surface area contributed by atoms with E-state index in [4.69, 9.17) is 11.5 Å². The Hall–Kier alpha value is -2.74. The number of nitrogen functional groups attached to an aromatic ring is 1. The highest BCUT2D eigenvalue weighted by molar-refractivity contribution is 7.29. The van der Waals surface area contributed by atoms with Crippen LogP contribution in [0, 0.1) is 24.1 Å². The number of nitrogens with one attached hydrogen (secondary N) is 2. The van der Waals surface area contributed by atoms with Crippen molar-refractivity contribution < 1.29 is 9.18 Å². The van der Waals surface area contributed by atoms with Crippen molar-refractivity contribution >= 4 is 49.5 Å². The SMILES string of the molecule is Cc1nc2sc(C(=O)N[C@H]3CCc4c(C#N)c(NCCN)cc(F)c4C3)c(N)c2s1. The van der Waals surface area contributed by atoms with E-state index in [1.54, 1.807) is 0 Å². The summed E-state index contributed by atoms with van der Waals surface area (Å²) in [6, 6.07) is 3.30. The molecule has 6 N–H and O–H groups in total. The first kappa shape index (κ1) is 20.5. The first-order chi connectivity index (χ1) is 14.4. The molecule has 156 valence electrons. The number of rotatable bonds is 5. The summed E-state index contributed by atoms with van der Waals surface area (Å²) in [6.45, 7) is 2.74. The fraction of sp³-hybridized carbons (Fsp3) is 0.350. The predicted molar refractivity (Wildman–Crippen MR) is 119 cm³/mol. The summed E-state index contributed by atoms with van der Waals surface area (Å²) >= 11 is 2.74. The van der Waals surface area contributed by atoms with Crippen molar-refractivity contribution in [1.29, 1.82) is 5.26 Å². The average molecular weight is 445 g/mol. The normalized spacial score (nSPS) is 15.6. The minimum atomic E-state index is -0.377. The summed E-state index contributed by atoms with van der Waals surface area (Å²) in [5.41, 5.74) is 14.2. The highest BCUT2D eigenvalue weighted by atomic mass is 32.1. The molecule has 0 radical (unpaired) electrons. The van der Waals surface area contributed by atoms with Gasteiger partial charge in [0.25, 0.3) is 5.91 Å². The molecule has 0 saturated heterocycles. The van der Waals surface area contributed by atoms with E-state index < -0.39 is 0 Å². The van der Waals surface area contributed by atoms with Crippen molar-refractivity contribution in [3.05, 3.63) is 38.5 Å². The van der Waals surface area contributed by atoms with Gasteiger partial charge in [-0.05, 0) is 43.4 Å². The molecule has 30 heavy (non-hydrogen) atoms. The first-order valence-corrected chi connectivity index (χ1v) is 11.2. The lowest BCUT2D eigenvalue weighted by molar-refractivity contribution is 0.0938. The molecule has 0 saturated carbocycles. The number of hydrogen-bond acceptors (Lipinski definition) is 8. The third kappa shape index (κ3) is 3.60.